The molecule has 1 aromatic carbocycles. The van der Waals surface area contributed by atoms with Gasteiger partial charge in [-0.05, 0) is 32.0 Å². The molecule has 4 nitrogen and oxygen atoms in total. The zero-order valence-corrected chi connectivity index (χ0v) is 12.6. The molecule has 21 heavy (non-hydrogen) atoms. The summed E-state index contributed by atoms with van der Waals surface area (Å²) in [6, 6.07) is 12.2. The van der Waals surface area contributed by atoms with Gasteiger partial charge < -0.3 is 14.8 Å². The highest BCUT2D eigenvalue weighted by atomic mass is 16.5. The maximum absolute atomic E-state index is 6.06. The highest BCUT2D eigenvalue weighted by Crippen LogP contribution is 2.41. The van der Waals surface area contributed by atoms with Crippen LogP contribution in [0.4, 0.5) is 5.69 Å². The van der Waals surface area contributed by atoms with Crippen molar-refractivity contribution < 1.29 is 9.47 Å². The average Bonchev–Trinajstić information content (AvgIpc) is 2.46. The monoisotopic (exact) mass is 284 g/mol. The molecule has 4 heteroatoms. The van der Waals surface area contributed by atoms with Gasteiger partial charge in [0.15, 0.2) is 0 Å². The van der Waals surface area contributed by atoms with Gasteiger partial charge >= 0.3 is 0 Å². The molecule has 0 fully saturated rings. The Bertz CT molecular complexity index is 640. The van der Waals surface area contributed by atoms with Crippen molar-refractivity contribution in [2.45, 2.75) is 31.9 Å². The summed E-state index contributed by atoms with van der Waals surface area (Å²) in [4.78, 5) is 4.24. The molecule has 1 unspecified atom stereocenters. The molecule has 1 aliphatic rings. The van der Waals surface area contributed by atoms with Crippen molar-refractivity contribution in [2.24, 2.45) is 0 Å². The predicted octanol–water partition coefficient (Wildman–Crippen LogP) is 3.80. The Morgan fingerprint density at radius 3 is 2.86 bits per heavy atom. The molecule has 0 spiro atoms. The third kappa shape index (κ3) is 2.79. The first-order valence-corrected chi connectivity index (χ1v) is 7.12. The van der Waals surface area contributed by atoms with Gasteiger partial charge in [-0.25, -0.2) is 4.98 Å². The Morgan fingerprint density at radius 2 is 2.05 bits per heavy atom. The first kappa shape index (κ1) is 13.7. The first-order chi connectivity index (χ1) is 10.1. The van der Waals surface area contributed by atoms with E-state index in [1.54, 1.807) is 13.3 Å². The number of aromatic nitrogens is 1. The van der Waals surface area contributed by atoms with Crippen LogP contribution in [0, 0.1) is 0 Å². The molecular weight excluding hydrogens is 264 g/mol. The van der Waals surface area contributed by atoms with Crippen LogP contribution < -0.4 is 14.8 Å². The van der Waals surface area contributed by atoms with Gasteiger partial charge in [0.25, 0.3) is 0 Å². The molecule has 0 amide bonds. The third-order valence-electron chi connectivity index (χ3n) is 3.67. The second-order valence-electron chi connectivity index (χ2n) is 5.86. The lowest BCUT2D eigenvalue weighted by atomic mass is 9.89. The van der Waals surface area contributed by atoms with Crippen LogP contribution in [0.15, 0.2) is 42.6 Å². The number of nitrogens with zero attached hydrogens (tertiary/aromatic N) is 1. The van der Waals surface area contributed by atoms with Crippen molar-refractivity contribution >= 4 is 5.69 Å². The summed E-state index contributed by atoms with van der Waals surface area (Å²) in [7, 11) is 1.63. The van der Waals surface area contributed by atoms with E-state index in [1.165, 1.54) is 5.56 Å². The van der Waals surface area contributed by atoms with Crippen LogP contribution in [0.1, 0.15) is 31.9 Å². The molecular formula is C17H20N2O2. The minimum absolute atomic E-state index is 0.169. The fourth-order valence-electron chi connectivity index (χ4n) is 2.78. The molecule has 0 radical (unpaired) electrons. The van der Waals surface area contributed by atoms with Crippen LogP contribution in [0.2, 0.25) is 0 Å². The first-order valence-electron chi connectivity index (χ1n) is 7.12. The Kier molecular flexibility index (Phi) is 3.45. The van der Waals surface area contributed by atoms with Gasteiger partial charge in [-0.3, -0.25) is 0 Å². The number of fused-ring (bicyclic) bond motifs is 1. The van der Waals surface area contributed by atoms with E-state index in [-0.39, 0.29) is 11.6 Å². The van der Waals surface area contributed by atoms with Crippen molar-refractivity contribution in [1.82, 2.24) is 4.98 Å². The van der Waals surface area contributed by atoms with Crippen LogP contribution in [0.25, 0.3) is 0 Å². The highest BCUT2D eigenvalue weighted by molar-refractivity contribution is 5.55. The number of hydrogen-bond donors (Lipinski definition) is 1. The lowest BCUT2D eigenvalue weighted by molar-refractivity contribution is 0.0758. The van der Waals surface area contributed by atoms with Crippen molar-refractivity contribution in [1.29, 1.82) is 0 Å². The van der Waals surface area contributed by atoms with Crippen LogP contribution in [0.3, 0.4) is 0 Å². The summed E-state index contributed by atoms with van der Waals surface area (Å²) >= 11 is 0. The highest BCUT2D eigenvalue weighted by Gasteiger charge is 2.33. The topological polar surface area (TPSA) is 43.4 Å². The summed E-state index contributed by atoms with van der Waals surface area (Å²) in [6.45, 7) is 4.22. The number of para-hydroxylation sites is 1. The van der Waals surface area contributed by atoms with Gasteiger partial charge in [-0.2, -0.15) is 0 Å². The van der Waals surface area contributed by atoms with E-state index in [2.05, 4.69) is 30.2 Å². The Morgan fingerprint density at radius 1 is 1.24 bits per heavy atom. The van der Waals surface area contributed by atoms with E-state index < -0.39 is 0 Å². The molecule has 0 bridgehead atoms. The molecule has 2 heterocycles. The molecule has 0 saturated heterocycles. The zero-order valence-electron chi connectivity index (χ0n) is 12.6. The maximum Gasteiger partial charge on any atom is 0.237 e. The van der Waals surface area contributed by atoms with Gasteiger partial charge in [-0.15, -0.1) is 0 Å². The van der Waals surface area contributed by atoms with E-state index in [4.69, 9.17) is 9.47 Å². The SMILES string of the molecule is COc1ncccc1NC1CC(C)(C)Oc2ccccc21. The molecule has 1 aliphatic heterocycles. The van der Waals surface area contributed by atoms with Gasteiger partial charge in [-0.1, -0.05) is 18.2 Å². The molecule has 1 aromatic heterocycles. The smallest absolute Gasteiger partial charge is 0.237 e. The van der Waals surface area contributed by atoms with Crippen molar-refractivity contribution in [2.75, 3.05) is 12.4 Å². The van der Waals surface area contributed by atoms with E-state index in [0.717, 1.165) is 17.9 Å². The Balaban J connectivity index is 1.95. The second kappa shape index (κ2) is 5.28. The summed E-state index contributed by atoms with van der Waals surface area (Å²) in [5.41, 5.74) is 1.86. The van der Waals surface area contributed by atoms with Gasteiger partial charge in [0.1, 0.15) is 11.4 Å². The lowest BCUT2D eigenvalue weighted by Crippen LogP contribution is -2.37. The largest absolute Gasteiger partial charge is 0.487 e. The van der Waals surface area contributed by atoms with Crippen molar-refractivity contribution in [3.8, 4) is 11.6 Å². The zero-order chi connectivity index (χ0) is 14.9. The number of rotatable bonds is 3. The summed E-state index contributed by atoms with van der Waals surface area (Å²) in [6.07, 6.45) is 2.61. The van der Waals surface area contributed by atoms with E-state index in [9.17, 15) is 0 Å². The van der Waals surface area contributed by atoms with Gasteiger partial charge in [0.05, 0.1) is 18.8 Å². The number of pyridine rings is 1. The predicted molar refractivity (Wildman–Crippen MR) is 82.9 cm³/mol. The number of hydrogen-bond acceptors (Lipinski definition) is 4. The third-order valence-corrected chi connectivity index (χ3v) is 3.67. The second-order valence-corrected chi connectivity index (χ2v) is 5.86. The number of methoxy groups -OCH3 is 1. The molecule has 0 saturated carbocycles. The molecule has 0 aliphatic carbocycles. The summed E-state index contributed by atoms with van der Waals surface area (Å²) in [5, 5.41) is 3.54. The number of nitrogens with one attached hydrogen (secondary N) is 1. The van der Waals surface area contributed by atoms with Crippen LogP contribution in [-0.2, 0) is 0 Å². The summed E-state index contributed by atoms with van der Waals surface area (Å²) < 4.78 is 11.4. The fourth-order valence-corrected chi connectivity index (χ4v) is 2.78. The molecule has 2 aromatic rings. The maximum atomic E-state index is 6.06. The van der Waals surface area contributed by atoms with Gasteiger partial charge in [0, 0.05) is 18.2 Å². The van der Waals surface area contributed by atoms with Crippen molar-refractivity contribution in [3.05, 3.63) is 48.2 Å². The standard InChI is InChI=1S/C17H20N2O2/c1-17(2)11-14(12-7-4-5-9-15(12)21-17)19-13-8-6-10-18-16(13)20-3/h4-10,14,19H,11H2,1-3H3. The average molecular weight is 284 g/mol. The lowest BCUT2D eigenvalue weighted by Gasteiger charge is -2.38. The normalized spacial score (nSPS) is 19.3. The van der Waals surface area contributed by atoms with Crippen LogP contribution >= 0.6 is 0 Å². The molecule has 1 atom stereocenters. The van der Waals surface area contributed by atoms with E-state index in [1.807, 2.05) is 30.3 Å². The molecule has 3 rings (SSSR count). The van der Waals surface area contributed by atoms with Gasteiger partial charge in [0.2, 0.25) is 5.88 Å². The minimum Gasteiger partial charge on any atom is -0.487 e. The Labute approximate surface area is 125 Å². The Hall–Kier alpha value is -2.23. The van der Waals surface area contributed by atoms with Crippen LogP contribution in [-0.4, -0.2) is 17.7 Å². The number of ether oxygens (including phenoxy) is 2. The molecule has 110 valence electrons. The van der Waals surface area contributed by atoms with Crippen LogP contribution in [0.5, 0.6) is 11.6 Å². The quantitative estimate of drug-likeness (QED) is 0.931. The fraction of sp³-hybridized carbons (Fsp3) is 0.353. The summed E-state index contributed by atoms with van der Waals surface area (Å²) in [5.74, 6) is 1.55. The van der Waals surface area contributed by atoms with E-state index in [0.29, 0.717) is 5.88 Å². The van der Waals surface area contributed by atoms with E-state index >= 15 is 0 Å². The number of benzene rings is 1. The number of anilines is 1. The minimum atomic E-state index is -0.207. The van der Waals surface area contributed by atoms with Crippen molar-refractivity contribution in [3.63, 3.8) is 0 Å². The molecule has 1 N–H and O–H groups in total.